The van der Waals surface area contributed by atoms with E-state index in [4.69, 9.17) is 0 Å². The molecule has 0 bridgehead atoms. The normalized spacial score (nSPS) is 10.6. The maximum Gasteiger partial charge on any atom is 0.323 e. The van der Waals surface area contributed by atoms with Gasteiger partial charge in [0.25, 0.3) is 0 Å². The van der Waals surface area contributed by atoms with Gasteiger partial charge in [-0.1, -0.05) is 13.3 Å². The zero-order valence-corrected chi connectivity index (χ0v) is 13.9. The Morgan fingerprint density at radius 2 is 1.96 bits per heavy atom. The van der Waals surface area contributed by atoms with Crippen LogP contribution in [-0.2, 0) is 0 Å². The number of amides is 2. The number of carbonyl (C=O) groups excluding carboxylic acids is 1. The minimum absolute atomic E-state index is 0.0770. The summed E-state index contributed by atoms with van der Waals surface area (Å²) in [6, 6.07) is 5.41. The molecule has 6 heteroatoms. The van der Waals surface area contributed by atoms with Crippen molar-refractivity contribution in [3.8, 4) is 11.4 Å². The maximum absolute atomic E-state index is 12.5. The lowest BCUT2D eigenvalue weighted by Crippen LogP contribution is -2.44. The van der Waals surface area contributed by atoms with E-state index in [-0.39, 0.29) is 12.1 Å². The molecule has 0 saturated carbocycles. The number of pyridine rings is 1. The lowest BCUT2D eigenvalue weighted by Gasteiger charge is -2.23. The van der Waals surface area contributed by atoms with E-state index in [0.717, 1.165) is 18.4 Å². The fraction of sp³-hybridized carbons (Fsp3) is 0.412. The first kappa shape index (κ1) is 16.9. The molecule has 2 aromatic rings. The van der Waals surface area contributed by atoms with Crippen molar-refractivity contribution in [1.82, 2.24) is 20.3 Å². The van der Waals surface area contributed by atoms with Gasteiger partial charge in [0.05, 0.1) is 0 Å². The number of hydrogen-bond acceptors (Lipinski definition) is 4. The Morgan fingerprint density at radius 3 is 2.61 bits per heavy atom. The molecule has 0 spiro atoms. The highest BCUT2D eigenvalue weighted by atomic mass is 16.2. The first-order valence-corrected chi connectivity index (χ1v) is 7.93. The smallest absolute Gasteiger partial charge is 0.323 e. The fourth-order valence-corrected chi connectivity index (χ4v) is 2.10. The Kier molecular flexibility index (Phi) is 6.02. The molecule has 2 amide bonds. The van der Waals surface area contributed by atoms with Gasteiger partial charge in [0.1, 0.15) is 5.82 Å². The number of carbonyl (C=O) groups is 1. The second kappa shape index (κ2) is 8.22. The highest BCUT2D eigenvalue weighted by Crippen LogP contribution is 2.18. The van der Waals surface area contributed by atoms with Gasteiger partial charge in [0.15, 0.2) is 5.82 Å². The molecule has 122 valence electrons. The standard InChI is InChI=1S/C17H23N5O/c1-4-5-12-22(17(23)20-13(2)3)15-8-11-19-16(21-15)14-6-9-18-10-7-14/h6-11,13H,4-5,12H2,1-3H3,(H,20,23). The van der Waals surface area contributed by atoms with Crippen LogP contribution in [0.5, 0.6) is 0 Å². The third kappa shape index (κ3) is 4.74. The molecular formula is C17H23N5O. The predicted molar refractivity (Wildman–Crippen MR) is 91.2 cm³/mol. The third-order valence-corrected chi connectivity index (χ3v) is 3.25. The van der Waals surface area contributed by atoms with Crippen molar-refractivity contribution in [2.75, 3.05) is 11.4 Å². The summed E-state index contributed by atoms with van der Waals surface area (Å²) in [6.07, 6.45) is 7.00. The second-order valence-corrected chi connectivity index (χ2v) is 5.58. The second-order valence-electron chi connectivity index (χ2n) is 5.58. The number of nitrogens with one attached hydrogen (secondary N) is 1. The van der Waals surface area contributed by atoms with Gasteiger partial charge in [-0.3, -0.25) is 9.88 Å². The summed E-state index contributed by atoms with van der Waals surface area (Å²) in [6.45, 7) is 6.61. The van der Waals surface area contributed by atoms with E-state index >= 15 is 0 Å². The monoisotopic (exact) mass is 313 g/mol. The third-order valence-electron chi connectivity index (χ3n) is 3.25. The number of urea groups is 1. The average Bonchev–Trinajstić information content (AvgIpc) is 2.56. The van der Waals surface area contributed by atoms with Crippen LogP contribution in [0.1, 0.15) is 33.6 Å². The number of rotatable bonds is 6. The first-order valence-electron chi connectivity index (χ1n) is 7.93. The highest BCUT2D eigenvalue weighted by Gasteiger charge is 2.18. The van der Waals surface area contributed by atoms with Gasteiger partial charge in [0, 0.05) is 36.7 Å². The molecule has 1 N–H and O–H groups in total. The van der Waals surface area contributed by atoms with Crippen LogP contribution < -0.4 is 10.2 Å². The molecule has 23 heavy (non-hydrogen) atoms. The molecule has 0 aliphatic heterocycles. The van der Waals surface area contributed by atoms with E-state index in [2.05, 4.69) is 27.2 Å². The Bertz CT molecular complexity index is 630. The SMILES string of the molecule is CCCCN(C(=O)NC(C)C)c1ccnc(-c2ccncc2)n1. The molecule has 0 radical (unpaired) electrons. The van der Waals surface area contributed by atoms with Gasteiger partial charge in [-0.25, -0.2) is 14.8 Å². The van der Waals surface area contributed by atoms with Gasteiger partial charge in [-0.2, -0.15) is 0 Å². The molecule has 2 rings (SSSR count). The Hall–Kier alpha value is -2.50. The quantitative estimate of drug-likeness (QED) is 0.888. The molecular weight excluding hydrogens is 290 g/mol. The van der Waals surface area contributed by atoms with Crippen molar-refractivity contribution in [2.24, 2.45) is 0 Å². The molecule has 6 nitrogen and oxygen atoms in total. The lowest BCUT2D eigenvalue weighted by atomic mass is 10.2. The molecule has 0 saturated heterocycles. The number of aromatic nitrogens is 3. The van der Waals surface area contributed by atoms with E-state index in [1.54, 1.807) is 29.6 Å². The Morgan fingerprint density at radius 1 is 1.22 bits per heavy atom. The van der Waals surface area contributed by atoms with Crippen molar-refractivity contribution >= 4 is 11.8 Å². The number of unbranched alkanes of at least 4 members (excludes halogenated alkanes) is 1. The molecule has 2 heterocycles. The van der Waals surface area contributed by atoms with Crippen LogP contribution in [0.4, 0.5) is 10.6 Å². The van der Waals surface area contributed by atoms with Gasteiger partial charge in [-0.15, -0.1) is 0 Å². The Labute approximate surface area is 137 Å². The maximum atomic E-state index is 12.5. The van der Waals surface area contributed by atoms with Crippen LogP contribution in [0.25, 0.3) is 11.4 Å². The van der Waals surface area contributed by atoms with Crippen molar-refractivity contribution < 1.29 is 4.79 Å². The summed E-state index contributed by atoms with van der Waals surface area (Å²) in [5.41, 5.74) is 0.876. The number of hydrogen-bond donors (Lipinski definition) is 1. The van der Waals surface area contributed by atoms with Crippen LogP contribution in [0.3, 0.4) is 0 Å². The van der Waals surface area contributed by atoms with Crippen molar-refractivity contribution in [1.29, 1.82) is 0 Å². The largest absolute Gasteiger partial charge is 0.335 e. The first-order chi connectivity index (χ1) is 11.1. The van der Waals surface area contributed by atoms with Gasteiger partial charge >= 0.3 is 6.03 Å². The van der Waals surface area contributed by atoms with Gasteiger partial charge in [0.2, 0.25) is 0 Å². The van der Waals surface area contributed by atoms with E-state index in [1.165, 1.54) is 0 Å². The summed E-state index contributed by atoms with van der Waals surface area (Å²) in [5.74, 6) is 1.20. The molecule has 0 aliphatic rings. The van der Waals surface area contributed by atoms with Crippen molar-refractivity contribution in [3.63, 3.8) is 0 Å². The Balaban J connectivity index is 2.29. The van der Waals surface area contributed by atoms with Gasteiger partial charge < -0.3 is 5.32 Å². The summed E-state index contributed by atoms with van der Waals surface area (Å²) in [5, 5.41) is 2.93. The molecule has 0 aromatic carbocycles. The fourth-order valence-electron chi connectivity index (χ4n) is 2.10. The lowest BCUT2D eigenvalue weighted by molar-refractivity contribution is 0.243. The summed E-state index contributed by atoms with van der Waals surface area (Å²) in [7, 11) is 0. The highest BCUT2D eigenvalue weighted by molar-refractivity contribution is 5.91. The minimum atomic E-state index is -0.132. The summed E-state index contributed by atoms with van der Waals surface area (Å²) in [4.78, 5) is 27.0. The predicted octanol–water partition coefficient (Wildman–Crippen LogP) is 3.26. The van der Waals surface area contributed by atoms with Crippen LogP contribution in [0, 0.1) is 0 Å². The van der Waals surface area contributed by atoms with Crippen LogP contribution in [0.15, 0.2) is 36.8 Å². The van der Waals surface area contributed by atoms with Crippen LogP contribution in [-0.4, -0.2) is 33.6 Å². The zero-order valence-electron chi connectivity index (χ0n) is 13.9. The van der Waals surface area contributed by atoms with E-state index < -0.39 is 0 Å². The van der Waals surface area contributed by atoms with E-state index in [9.17, 15) is 4.79 Å². The topological polar surface area (TPSA) is 71.0 Å². The number of anilines is 1. The van der Waals surface area contributed by atoms with Crippen LogP contribution >= 0.6 is 0 Å². The molecule has 0 aliphatic carbocycles. The van der Waals surface area contributed by atoms with Crippen molar-refractivity contribution in [3.05, 3.63) is 36.8 Å². The molecule has 0 unspecified atom stereocenters. The molecule has 2 aromatic heterocycles. The zero-order chi connectivity index (χ0) is 16.7. The number of nitrogens with zero attached hydrogens (tertiary/aromatic N) is 4. The van der Waals surface area contributed by atoms with E-state index in [0.29, 0.717) is 18.2 Å². The van der Waals surface area contributed by atoms with Crippen LogP contribution in [0.2, 0.25) is 0 Å². The summed E-state index contributed by atoms with van der Waals surface area (Å²) < 4.78 is 0. The molecule has 0 fully saturated rings. The minimum Gasteiger partial charge on any atom is -0.335 e. The summed E-state index contributed by atoms with van der Waals surface area (Å²) >= 11 is 0. The average molecular weight is 313 g/mol. The van der Waals surface area contributed by atoms with Crippen molar-refractivity contribution in [2.45, 2.75) is 39.7 Å². The van der Waals surface area contributed by atoms with Gasteiger partial charge in [-0.05, 0) is 38.5 Å². The molecule has 0 atom stereocenters. The van der Waals surface area contributed by atoms with E-state index in [1.807, 2.05) is 26.0 Å².